The summed E-state index contributed by atoms with van der Waals surface area (Å²) in [5.41, 5.74) is 5.84. The molecule has 0 radical (unpaired) electrons. The average Bonchev–Trinajstić information content (AvgIpc) is 3.13. The van der Waals surface area contributed by atoms with Crippen molar-refractivity contribution >= 4 is 40.4 Å². The van der Waals surface area contributed by atoms with Crippen LogP contribution in [0, 0.1) is 0 Å². The molecule has 17 nitrogen and oxygen atoms in total. The molecular formula is C10H15FN5O12P3. The predicted octanol–water partition coefficient (Wildman–Crippen LogP) is -0.652. The number of ether oxygens (including phenoxy) is 1. The van der Waals surface area contributed by atoms with Crippen LogP contribution in [0.4, 0.5) is 10.2 Å². The molecule has 2 aromatic heterocycles. The van der Waals surface area contributed by atoms with E-state index in [1.165, 1.54) is 0 Å². The van der Waals surface area contributed by atoms with Gasteiger partial charge in [0, 0.05) is 0 Å². The molecule has 0 spiro atoms. The van der Waals surface area contributed by atoms with E-state index in [2.05, 4.69) is 28.1 Å². The van der Waals surface area contributed by atoms with E-state index in [4.69, 9.17) is 25.2 Å². The van der Waals surface area contributed by atoms with E-state index in [0.717, 1.165) is 17.2 Å². The molecule has 2 aromatic rings. The molecule has 1 aliphatic rings. The SMILES string of the molecule is Nc1ncnc2c1ncn2[C@@H]1O[C@H](COP(=O)(O)OP(=O)(O)OP(=O)(O)O)C(O)[C@@H]1F. The molecule has 174 valence electrons. The number of halogens is 1. The number of nitrogens with zero attached hydrogens (tertiary/aromatic N) is 4. The molecule has 31 heavy (non-hydrogen) atoms. The summed E-state index contributed by atoms with van der Waals surface area (Å²) in [5, 5.41) is 10.0. The van der Waals surface area contributed by atoms with Gasteiger partial charge in [-0.15, -0.1) is 0 Å². The van der Waals surface area contributed by atoms with Gasteiger partial charge >= 0.3 is 23.5 Å². The van der Waals surface area contributed by atoms with Crippen molar-refractivity contribution in [2.24, 2.45) is 0 Å². The van der Waals surface area contributed by atoms with Crippen LogP contribution >= 0.6 is 23.5 Å². The lowest BCUT2D eigenvalue weighted by Crippen LogP contribution is -2.31. The Balaban J connectivity index is 1.69. The van der Waals surface area contributed by atoms with Gasteiger partial charge in [0.15, 0.2) is 23.9 Å². The normalized spacial score (nSPS) is 28.5. The number of alkyl halides is 1. The fourth-order valence-corrected chi connectivity index (χ4v) is 5.62. The van der Waals surface area contributed by atoms with Crippen LogP contribution in [-0.2, 0) is 31.6 Å². The monoisotopic (exact) mass is 509 g/mol. The molecule has 0 amide bonds. The number of phosphoric ester groups is 1. The molecule has 0 saturated carbocycles. The summed E-state index contributed by atoms with van der Waals surface area (Å²) in [6.45, 7) is -1.04. The van der Waals surface area contributed by atoms with Crippen molar-refractivity contribution in [1.29, 1.82) is 0 Å². The number of anilines is 1. The van der Waals surface area contributed by atoms with Crippen LogP contribution < -0.4 is 5.73 Å². The summed E-state index contributed by atoms with van der Waals surface area (Å²) in [6, 6.07) is 0. The molecular weight excluding hydrogens is 494 g/mol. The number of nitrogens with two attached hydrogens (primary N) is 1. The zero-order valence-corrected chi connectivity index (χ0v) is 17.5. The topological polar surface area (TPSA) is 259 Å². The second-order valence-corrected chi connectivity index (χ2v) is 10.4. The van der Waals surface area contributed by atoms with Gasteiger partial charge in [0.2, 0.25) is 0 Å². The van der Waals surface area contributed by atoms with Crippen LogP contribution in [0.3, 0.4) is 0 Å². The number of hydrogen-bond acceptors (Lipinski definition) is 12. The summed E-state index contributed by atoms with van der Waals surface area (Å²) < 4.78 is 66.1. The summed E-state index contributed by atoms with van der Waals surface area (Å²) in [6.07, 6.45) is -4.88. The highest BCUT2D eigenvalue weighted by Gasteiger charge is 2.48. The molecule has 3 heterocycles. The molecule has 3 unspecified atom stereocenters. The molecule has 3 rings (SSSR count). The van der Waals surface area contributed by atoms with E-state index >= 15 is 0 Å². The van der Waals surface area contributed by atoms with Gasteiger partial charge in [0.05, 0.1) is 12.9 Å². The van der Waals surface area contributed by atoms with Gasteiger partial charge in [0.25, 0.3) is 0 Å². The van der Waals surface area contributed by atoms with Gasteiger partial charge in [-0.2, -0.15) is 8.62 Å². The maximum atomic E-state index is 14.6. The van der Waals surface area contributed by atoms with Crippen LogP contribution in [0.25, 0.3) is 11.2 Å². The predicted molar refractivity (Wildman–Crippen MR) is 94.4 cm³/mol. The second-order valence-electron chi connectivity index (χ2n) is 5.97. The molecule has 21 heteroatoms. The van der Waals surface area contributed by atoms with Crippen molar-refractivity contribution < 1.29 is 60.6 Å². The number of rotatable bonds is 8. The van der Waals surface area contributed by atoms with Crippen LogP contribution in [0.2, 0.25) is 0 Å². The zero-order chi connectivity index (χ0) is 23.2. The average molecular weight is 509 g/mol. The highest BCUT2D eigenvalue weighted by Crippen LogP contribution is 2.66. The largest absolute Gasteiger partial charge is 0.490 e. The number of aliphatic hydroxyl groups excluding tert-OH is 1. The maximum absolute atomic E-state index is 14.6. The van der Waals surface area contributed by atoms with Gasteiger partial charge in [0.1, 0.15) is 24.1 Å². The number of phosphoric acid groups is 3. The lowest BCUT2D eigenvalue weighted by molar-refractivity contribution is -0.0450. The van der Waals surface area contributed by atoms with E-state index in [1.807, 2.05) is 0 Å². The maximum Gasteiger partial charge on any atom is 0.490 e. The van der Waals surface area contributed by atoms with Crippen LogP contribution in [0.15, 0.2) is 12.7 Å². The number of imidazole rings is 1. The first-order valence-electron chi connectivity index (χ1n) is 7.88. The van der Waals surface area contributed by atoms with Crippen molar-refractivity contribution in [2.75, 3.05) is 12.3 Å². The third-order valence-corrected chi connectivity index (χ3v) is 7.58. The first-order valence-corrected chi connectivity index (χ1v) is 12.4. The Labute approximate surface area is 171 Å². The van der Waals surface area contributed by atoms with Crippen LogP contribution in [0.1, 0.15) is 6.23 Å². The molecule has 7 N–H and O–H groups in total. The summed E-state index contributed by atoms with van der Waals surface area (Å²) in [4.78, 5) is 47.0. The Hall–Kier alpha value is -1.39. The number of aromatic nitrogens is 4. The Morgan fingerprint density at radius 2 is 1.81 bits per heavy atom. The molecule has 1 saturated heterocycles. The van der Waals surface area contributed by atoms with Gasteiger partial charge < -0.3 is 35.2 Å². The minimum atomic E-state index is -5.73. The third-order valence-electron chi connectivity index (χ3n) is 3.77. The fourth-order valence-electron chi connectivity index (χ4n) is 2.59. The Morgan fingerprint density at radius 1 is 1.13 bits per heavy atom. The van der Waals surface area contributed by atoms with Crippen LogP contribution in [0.5, 0.6) is 0 Å². The van der Waals surface area contributed by atoms with Crippen molar-refractivity contribution in [3.05, 3.63) is 12.7 Å². The van der Waals surface area contributed by atoms with E-state index < -0.39 is 54.7 Å². The molecule has 1 fully saturated rings. The third kappa shape index (κ3) is 5.70. The minimum absolute atomic E-state index is 0.00177. The van der Waals surface area contributed by atoms with Gasteiger partial charge in [-0.3, -0.25) is 9.09 Å². The van der Waals surface area contributed by atoms with Gasteiger partial charge in [-0.25, -0.2) is 33.0 Å². The number of fused-ring (bicyclic) bond motifs is 1. The second kappa shape index (κ2) is 8.51. The minimum Gasteiger partial charge on any atom is -0.387 e. The Kier molecular flexibility index (Phi) is 6.66. The first kappa shape index (κ1) is 24.3. The highest BCUT2D eigenvalue weighted by atomic mass is 31.3. The van der Waals surface area contributed by atoms with Crippen molar-refractivity contribution in [3.8, 4) is 0 Å². The zero-order valence-electron chi connectivity index (χ0n) is 14.9. The summed E-state index contributed by atoms with van der Waals surface area (Å²) in [7, 11) is -16.8. The fraction of sp³-hybridized carbons (Fsp3) is 0.500. The van der Waals surface area contributed by atoms with Gasteiger partial charge in [-0.1, -0.05) is 0 Å². The number of nitrogen functional groups attached to an aromatic ring is 1. The highest BCUT2D eigenvalue weighted by molar-refractivity contribution is 7.66. The van der Waals surface area contributed by atoms with Crippen LogP contribution in [-0.4, -0.2) is 69.2 Å². The number of aliphatic hydroxyl groups is 1. The van der Waals surface area contributed by atoms with Gasteiger partial charge in [-0.05, 0) is 0 Å². The van der Waals surface area contributed by atoms with Crippen molar-refractivity contribution in [2.45, 2.75) is 24.6 Å². The Morgan fingerprint density at radius 3 is 2.45 bits per heavy atom. The lowest BCUT2D eigenvalue weighted by Gasteiger charge is -2.19. The van der Waals surface area contributed by atoms with E-state index in [-0.39, 0.29) is 17.0 Å². The summed E-state index contributed by atoms with van der Waals surface area (Å²) >= 11 is 0. The number of hydrogen-bond donors (Lipinski definition) is 6. The molecule has 0 bridgehead atoms. The molecule has 1 aliphatic heterocycles. The van der Waals surface area contributed by atoms with Crippen molar-refractivity contribution in [1.82, 2.24) is 19.5 Å². The van der Waals surface area contributed by atoms with E-state index in [1.54, 1.807) is 0 Å². The van der Waals surface area contributed by atoms with E-state index in [0.29, 0.717) is 0 Å². The Bertz CT molecular complexity index is 1110. The quantitative estimate of drug-likeness (QED) is 0.241. The summed E-state index contributed by atoms with van der Waals surface area (Å²) in [5.74, 6) is 0.00177. The first-order chi connectivity index (χ1) is 14.2. The van der Waals surface area contributed by atoms with Crippen molar-refractivity contribution in [3.63, 3.8) is 0 Å². The molecule has 6 atom stereocenters. The standard InChI is InChI=1S/C10H15FN5O12P3/c11-5-7(17)4(1-25-30(21,22)28-31(23,24)27-29(18,19)20)26-10(5)16-3-15-6-8(12)13-2-14-9(6)16/h2-5,7,10,17H,1H2,(H,21,22)(H,23,24)(H2,12,13,14)(H2,18,19,20)/t4-,5+,7?,10-/m1/s1. The molecule has 0 aliphatic carbocycles. The smallest absolute Gasteiger partial charge is 0.387 e. The van der Waals surface area contributed by atoms with E-state index in [9.17, 15) is 28.1 Å². The lowest BCUT2D eigenvalue weighted by atomic mass is 10.1. The molecule has 0 aromatic carbocycles.